The minimum atomic E-state index is -0.649. The van der Waals surface area contributed by atoms with E-state index in [4.69, 9.17) is 10.2 Å². The molecule has 0 aliphatic carbocycles. The smallest absolute Gasteiger partial charge is 0.316 e. The molecule has 1 heterocycles. The molecular formula is C23H19N5O3. The number of anilines is 2. The summed E-state index contributed by atoms with van der Waals surface area (Å²) in [7, 11) is 0. The summed E-state index contributed by atoms with van der Waals surface area (Å²) in [5.41, 5.74) is 9.32. The molecule has 4 rings (SSSR count). The van der Waals surface area contributed by atoms with Crippen LogP contribution in [-0.2, 0) is 0 Å². The summed E-state index contributed by atoms with van der Waals surface area (Å²) in [6.07, 6.45) is 0. The Balaban J connectivity index is 1.45. The van der Waals surface area contributed by atoms with Crippen molar-refractivity contribution in [1.82, 2.24) is 10.2 Å². The molecule has 4 N–H and O–H groups in total. The van der Waals surface area contributed by atoms with Gasteiger partial charge in [-0.15, -0.1) is 10.2 Å². The largest absolute Gasteiger partial charge is 0.416 e. The van der Waals surface area contributed by atoms with Crippen molar-refractivity contribution in [2.24, 2.45) is 5.73 Å². The van der Waals surface area contributed by atoms with Crippen LogP contribution in [0, 0.1) is 6.92 Å². The Bertz CT molecular complexity index is 1230. The van der Waals surface area contributed by atoms with Gasteiger partial charge in [-0.1, -0.05) is 18.2 Å². The molecule has 0 radical (unpaired) electrons. The number of nitrogens with one attached hydrogen (secondary N) is 2. The average molecular weight is 413 g/mol. The highest BCUT2D eigenvalue weighted by Crippen LogP contribution is 2.26. The molecule has 0 aliphatic rings. The van der Waals surface area contributed by atoms with Crippen LogP contribution in [0.5, 0.6) is 0 Å². The number of hydrogen-bond donors (Lipinski definition) is 3. The Morgan fingerprint density at radius 1 is 0.806 bits per heavy atom. The number of aryl methyl sites for hydroxylation is 1. The van der Waals surface area contributed by atoms with Crippen LogP contribution >= 0.6 is 0 Å². The summed E-state index contributed by atoms with van der Waals surface area (Å²) in [6.45, 7) is 1.98. The summed E-state index contributed by atoms with van der Waals surface area (Å²) in [4.78, 5) is 23.4. The van der Waals surface area contributed by atoms with Crippen LogP contribution in [0.15, 0.2) is 77.2 Å². The highest BCUT2D eigenvalue weighted by molar-refractivity contribution is 6.04. The Kier molecular flexibility index (Phi) is 5.44. The zero-order chi connectivity index (χ0) is 21.8. The molecule has 3 aromatic carbocycles. The van der Waals surface area contributed by atoms with Gasteiger partial charge in [0.2, 0.25) is 11.8 Å². The van der Waals surface area contributed by atoms with Crippen molar-refractivity contribution in [3.05, 3.63) is 83.9 Å². The van der Waals surface area contributed by atoms with Crippen molar-refractivity contribution < 1.29 is 14.0 Å². The van der Waals surface area contributed by atoms with Gasteiger partial charge in [-0.2, -0.15) is 0 Å². The van der Waals surface area contributed by atoms with Crippen molar-refractivity contribution in [2.75, 3.05) is 10.6 Å². The van der Waals surface area contributed by atoms with Gasteiger partial charge in [0.05, 0.1) is 0 Å². The maximum atomic E-state index is 12.5. The Hall–Kier alpha value is -4.46. The molecule has 31 heavy (non-hydrogen) atoms. The van der Waals surface area contributed by atoms with Gasteiger partial charge in [0.15, 0.2) is 0 Å². The van der Waals surface area contributed by atoms with E-state index < -0.39 is 6.03 Å². The van der Waals surface area contributed by atoms with E-state index in [0.29, 0.717) is 34.3 Å². The fourth-order valence-electron chi connectivity index (χ4n) is 3.01. The number of urea groups is 1. The molecule has 3 amide bonds. The molecule has 0 atom stereocenters. The van der Waals surface area contributed by atoms with Crippen molar-refractivity contribution in [2.45, 2.75) is 6.92 Å². The molecule has 0 unspecified atom stereocenters. The molecule has 0 fully saturated rings. The fourth-order valence-corrected chi connectivity index (χ4v) is 3.01. The summed E-state index contributed by atoms with van der Waals surface area (Å²) < 4.78 is 5.81. The third kappa shape index (κ3) is 4.59. The second-order valence-electron chi connectivity index (χ2n) is 6.83. The third-order valence-electron chi connectivity index (χ3n) is 4.60. The van der Waals surface area contributed by atoms with Gasteiger partial charge >= 0.3 is 6.03 Å². The molecule has 8 nitrogen and oxygen atoms in total. The molecule has 0 bridgehead atoms. The van der Waals surface area contributed by atoms with Crippen LogP contribution in [0.2, 0.25) is 0 Å². The zero-order valence-corrected chi connectivity index (χ0v) is 16.6. The van der Waals surface area contributed by atoms with E-state index in [2.05, 4.69) is 20.8 Å². The molecule has 4 aromatic rings. The lowest BCUT2D eigenvalue weighted by Crippen LogP contribution is -2.19. The molecule has 0 spiro atoms. The van der Waals surface area contributed by atoms with Crippen LogP contribution in [0.4, 0.5) is 16.2 Å². The number of carbonyl (C=O) groups excluding carboxylic acids is 2. The summed E-state index contributed by atoms with van der Waals surface area (Å²) in [5.74, 6) is 0.556. The summed E-state index contributed by atoms with van der Waals surface area (Å²) in [5, 5.41) is 13.5. The first kappa shape index (κ1) is 19.8. The standard InChI is InChI=1S/C23H19N5O3/c1-14-4-2-3-5-19(14)22-28-27-21(31-22)16-8-6-15(7-9-16)20(29)25-17-10-12-18(13-11-17)26-23(24)30/h2-13H,1H3,(H,25,29)(H3,24,26,30). The SMILES string of the molecule is Cc1ccccc1-c1nnc(-c2ccc(C(=O)Nc3ccc(NC(N)=O)cc3)cc2)o1. The number of nitrogens with zero attached hydrogens (tertiary/aromatic N) is 2. The maximum absolute atomic E-state index is 12.5. The Morgan fingerprint density at radius 2 is 1.42 bits per heavy atom. The number of benzene rings is 3. The van der Waals surface area contributed by atoms with Crippen LogP contribution in [-0.4, -0.2) is 22.1 Å². The molecule has 0 saturated heterocycles. The zero-order valence-electron chi connectivity index (χ0n) is 16.6. The lowest BCUT2D eigenvalue weighted by Gasteiger charge is -2.07. The van der Waals surface area contributed by atoms with Crippen LogP contribution in [0.25, 0.3) is 22.9 Å². The van der Waals surface area contributed by atoms with Crippen LogP contribution < -0.4 is 16.4 Å². The summed E-state index contributed by atoms with van der Waals surface area (Å²) >= 11 is 0. The predicted molar refractivity (Wildman–Crippen MR) is 118 cm³/mol. The number of rotatable bonds is 5. The van der Waals surface area contributed by atoms with Gasteiger partial charge in [-0.25, -0.2) is 4.79 Å². The third-order valence-corrected chi connectivity index (χ3v) is 4.60. The van der Waals surface area contributed by atoms with E-state index in [1.807, 2.05) is 31.2 Å². The molecule has 0 aliphatic heterocycles. The number of hydrogen-bond acceptors (Lipinski definition) is 5. The molecular weight excluding hydrogens is 394 g/mol. The van der Waals surface area contributed by atoms with Gasteiger partial charge in [-0.05, 0) is 67.1 Å². The van der Waals surface area contributed by atoms with Crippen LogP contribution in [0.1, 0.15) is 15.9 Å². The fraction of sp³-hybridized carbons (Fsp3) is 0.0435. The van der Waals surface area contributed by atoms with Gasteiger partial charge in [0.1, 0.15) is 0 Å². The second kappa shape index (κ2) is 8.50. The second-order valence-corrected chi connectivity index (χ2v) is 6.83. The first-order valence-corrected chi connectivity index (χ1v) is 9.47. The Morgan fingerprint density at radius 3 is 2.06 bits per heavy atom. The van der Waals surface area contributed by atoms with Gasteiger partial charge in [0, 0.05) is 28.1 Å². The van der Waals surface area contributed by atoms with Gasteiger partial charge < -0.3 is 20.8 Å². The van der Waals surface area contributed by atoms with Crippen molar-refractivity contribution in [1.29, 1.82) is 0 Å². The van der Waals surface area contributed by atoms with E-state index >= 15 is 0 Å². The Labute approximate surface area is 178 Å². The normalized spacial score (nSPS) is 10.5. The lowest BCUT2D eigenvalue weighted by atomic mass is 10.1. The lowest BCUT2D eigenvalue weighted by molar-refractivity contribution is 0.102. The van der Waals surface area contributed by atoms with Crippen molar-refractivity contribution >= 4 is 23.3 Å². The number of primary amides is 1. The van der Waals surface area contributed by atoms with Crippen molar-refractivity contribution in [3.63, 3.8) is 0 Å². The molecule has 154 valence electrons. The molecule has 8 heteroatoms. The minimum Gasteiger partial charge on any atom is -0.416 e. The van der Waals surface area contributed by atoms with Crippen LogP contribution in [0.3, 0.4) is 0 Å². The number of amides is 3. The van der Waals surface area contributed by atoms with E-state index in [9.17, 15) is 9.59 Å². The maximum Gasteiger partial charge on any atom is 0.316 e. The topological polar surface area (TPSA) is 123 Å². The van der Waals surface area contributed by atoms with E-state index in [1.165, 1.54) is 0 Å². The predicted octanol–water partition coefficient (Wildman–Crippen LogP) is 4.45. The summed E-state index contributed by atoms with van der Waals surface area (Å²) in [6, 6.07) is 20.6. The van der Waals surface area contributed by atoms with Gasteiger partial charge in [-0.3, -0.25) is 4.79 Å². The van der Waals surface area contributed by atoms with E-state index in [-0.39, 0.29) is 5.91 Å². The molecule has 0 saturated carbocycles. The van der Waals surface area contributed by atoms with E-state index in [1.54, 1.807) is 48.5 Å². The van der Waals surface area contributed by atoms with E-state index in [0.717, 1.165) is 11.1 Å². The highest BCUT2D eigenvalue weighted by atomic mass is 16.4. The first-order valence-electron chi connectivity index (χ1n) is 9.47. The quantitative estimate of drug-likeness (QED) is 0.446. The monoisotopic (exact) mass is 413 g/mol. The van der Waals surface area contributed by atoms with Crippen molar-refractivity contribution in [3.8, 4) is 22.9 Å². The number of aromatic nitrogens is 2. The minimum absolute atomic E-state index is 0.270. The molecule has 1 aromatic heterocycles. The first-order chi connectivity index (χ1) is 15.0. The number of carbonyl (C=O) groups is 2. The van der Waals surface area contributed by atoms with Gasteiger partial charge in [0.25, 0.3) is 5.91 Å². The number of nitrogens with two attached hydrogens (primary N) is 1. The average Bonchev–Trinajstić information content (AvgIpc) is 3.25. The highest BCUT2D eigenvalue weighted by Gasteiger charge is 2.13.